The Morgan fingerprint density at radius 2 is 1.96 bits per heavy atom. The van der Waals surface area contributed by atoms with Crippen LogP contribution in [0.4, 0.5) is 20.2 Å². The van der Waals surface area contributed by atoms with Gasteiger partial charge in [-0.25, -0.2) is 8.78 Å². The number of anilines is 2. The van der Waals surface area contributed by atoms with Gasteiger partial charge in [-0.05, 0) is 44.2 Å². The summed E-state index contributed by atoms with van der Waals surface area (Å²) in [6.45, 7) is 3.85. The molecule has 25 heavy (non-hydrogen) atoms. The van der Waals surface area contributed by atoms with E-state index in [1.165, 1.54) is 22.7 Å². The largest absolute Gasteiger partial charge is 0.324 e. The second-order valence-electron chi connectivity index (χ2n) is 5.61. The average molecular weight is 362 g/mol. The van der Waals surface area contributed by atoms with Gasteiger partial charge in [0.2, 0.25) is 5.91 Å². The van der Waals surface area contributed by atoms with Gasteiger partial charge in [-0.2, -0.15) is 0 Å². The van der Waals surface area contributed by atoms with Crippen LogP contribution < -0.4 is 10.2 Å². The molecule has 2 aromatic rings. The minimum Gasteiger partial charge on any atom is -0.324 e. The molecule has 4 nitrogen and oxygen atoms in total. The summed E-state index contributed by atoms with van der Waals surface area (Å²) < 4.78 is 26.6. The van der Waals surface area contributed by atoms with Crippen LogP contribution in [0, 0.1) is 11.6 Å². The van der Waals surface area contributed by atoms with Crippen molar-refractivity contribution in [2.24, 2.45) is 0 Å². The molecule has 0 spiro atoms. The van der Waals surface area contributed by atoms with Gasteiger partial charge in [-0.1, -0.05) is 0 Å². The van der Waals surface area contributed by atoms with Crippen molar-refractivity contribution in [3.8, 4) is 0 Å². The third-order valence-corrected chi connectivity index (χ3v) is 5.11. The van der Waals surface area contributed by atoms with Crippen molar-refractivity contribution in [2.75, 3.05) is 16.8 Å². The van der Waals surface area contributed by atoms with E-state index in [1.54, 1.807) is 25.1 Å². The SMILES string of the molecule is CCN(C(=O)c1ccc2c(c1)NC(=O)C(C)S2)c1ccc(F)c(F)c1. The predicted octanol–water partition coefficient (Wildman–Crippen LogP) is 4.06. The van der Waals surface area contributed by atoms with Crippen molar-refractivity contribution in [1.82, 2.24) is 0 Å². The third-order valence-electron chi connectivity index (χ3n) is 3.93. The Morgan fingerprint density at radius 1 is 1.20 bits per heavy atom. The molecule has 1 atom stereocenters. The molecule has 1 heterocycles. The summed E-state index contributed by atoms with van der Waals surface area (Å²) in [5, 5.41) is 2.59. The van der Waals surface area contributed by atoms with Gasteiger partial charge >= 0.3 is 0 Å². The maximum atomic E-state index is 13.5. The Balaban J connectivity index is 1.92. The molecule has 1 aliphatic rings. The van der Waals surface area contributed by atoms with Gasteiger partial charge in [-0.15, -0.1) is 11.8 Å². The number of rotatable bonds is 3. The Labute approximate surface area is 148 Å². The first-order chi connectivity index (χ1) is 11.9. The van der Waals surface area contributed by atoms with E-state index in [0.717, 1.165) is 17.0 Å². The molecule has 0 saturated carbocycles. The Bertz CT molecular complexity index is 857. The fraction of sp³-hybridized carbons (Fsp3) is 0.222. The van der Waals surface area contributed by atoms with E-state index in [1.807, 2.05) is 6.92 Å². The first-order valence-corrected chi connectivity index (χ1v) is 8.67. The van der Waals surface area contributed by atoms with Crippen LogP contribution in [0.2, 0.25) is 0 Å². The maximum Gasteiger partial charge on any atom is 0.258 e. The molecule has 0 fully saturated rings. The van der Waals surface area contributed by atoms with E-state index < -0.39 is 11.6 Å². The van der Waals surface area contributed by atoms with Crippen LogP contribution in [0.25, 0.3) is 0 Å². The highest BCUT2D eigenvalue weighted by Gasteiger charge is 2.25. The number of carbonyl (C=O) groups is 2. The fourth-order valence-electron chi connectivity index (χ4n) is 2.59. The monoisotopic (exact) mass is 362 g/mol. The molecular weight excluding hydrogens is 346 g/mol. The van der Waals surface area contributed by atoms with E-state index in [2.05, 4.69) is 5.32 Å². The minimum atomic E-state index is -1.01. The molecule has 0 aliphatic carbocycles. The molecule has 3 rings (SSSR count). The molecule has 1 N–H and O–H groups in total. The second kappa shape index (κ2) is 6.84. The van der Waals surface area contributed by atoms with Gasteiger partial charge < -0.3 is 10.2 Å². The summed E-state index contributed by atoms with van der Waals surface area (Å²) in [6, 6.07) is 8.40. The highest BCUT2D eigenvalue weighted by atomic mass is 32.2. The fourth-order valence-corrected chi connectivity index (χ4v) is 3.52. The van der Waals surface area contributed by atoms with Crippen molar-refractivity contribution in [3.63, 3.8) is 0 Å². The molecule has 1 aliphatic heterocycles. The lowest BCUT2D eigenvalue weighted by atomic mass is 10.1. The van der Waals surface area contributed by atoms with E-state index in [9.17, 15) is 18.4 Å². The number of fused-ring (bicyclic) bond motifs is 1. The van der Waals surface area contributed by atoms with E-state index in [4.69, 9.17) is 0 Å². The number of hydrogen-bond acceptors (Lipinski definition) is 3. The zero-order valence-electron chi connectivity index (χ0n) is 13.7. The number of benzene rings is 2. The van der Waals surface area contributed by atoms with Crippen molar-refractivity contribution in [2.45, 2.75) is 24.0 Å². The standard InChI is InChI=1S/C18H16F2N2O2S/c1-3-22(12-5-6-13(19)14(20)9-12)18(24)11-4-7-16-15(8-11)21-17(23)10(2)25-16/h4-10H,3H2,1-2H3,(H,21,23). The number of thioether (sulfide) groups is 1. The topological polar surface area (TPSA) is 49.4 Å². The van der Waals surface area contributed by atoms with E-state index >= 15 is 0 Å². The van der Waals surface area contributed by atoms with Crippen LogP contribution in [-0.2, 0) is 4.79 Å². The molecule has 0 bridgehead atoms. The van der Waals surface area contributed by atoms with Crippen molar-refractivity contribution >= 4 is 35.0 Å². The summed E-state index contributed by atoms with van der Waals surface area (Å²) in [6.07, 6.45) is 0. The summed E-state index contributed by atoms with van der Waals surface area (Å²) in [5.74, 6) is -2.44. The van der Waals surface area contributed by atoms with Gasteiger partial charge in [0.25, 0.3) is 5.91 Å². The van der Waals surface area contributed by atoms with Gasteiger partial charge in [0.1, 0.15) is 0 Å². The Kier molecular flexibility index (Phi) is 4.76. The van der Waals surface area contributed by atoms with Crippen molar-refractivity contribution < 1.29 is 18.4 Å². The molecule has 0 radical (unpaired) electrons. The highest BCUT2D eigenvalue weighted by Crippen LogP contribution is 2.36. The zero-order chi connectivity index (χ0) is 18.1. The van der Waals surface area contributed by atoms with Crippen LogP contribution >= 0.6 is 11.8 Å². The number of amides is 2. The van der Waals surface area contributed by atoms with Crippen LogP contribution in [0.5, 0.6) is 0 Å². The van der Waals surface area contributed by atoms with Crippen LogP contribution in [0.3, 0.4) is 0 Å². The van der Waals surface area contributed by atoms with Crippen LogP contribution in [0.1, 0.15) is 24.2 Å². The maximum absolute atomic E-state index is 13.5. The van der Waals surface area contributed by atoms with Gasteiger partial charge in [0.05, 0.1) is 10.9 Å². The molecule has 0 saturated heterocycles. The van der Waals surface area contributed by atoms with Crippen LogP contribution in [0.15, 0.2) is 41.3 Å². The zero-order valence-corrected chi connectivity index (χ0v) is 14.5. The van der Waals surface area contributed by atoms with E-state index in [-0.39, 0.29) is 22.8 Å². The Morgan fingerprint density at radius 3 is 2.64 bits per heavy atom. The molecule has 130 valence electrons. The average Bonchev–Trinajstić information content (AvgIpc) is 2.59. The number of hydrogen-bond donors (Lipinski definition) is 1. The van der Waals surface area contributed by atoms with E-state index in [0.29, 0.717) is 17.8 Å². The van der Waals surface area contributed by atoms with Crippen molar-refractivity contribution in [3.05, 3.63) is 53.6 Å². The summed E-state index contributed by atoms with van der Waals surface area (Å²) in [5.41, 5.74) is 1.22. The molecule has 2 aromatic carbocycles. The number of halogens is 2. The lowest BCUT2D eigenvalue weighted by Gasteiger charge is -2.24. The lowest BCUT2D eigenvalue weighted by Crippen LogP contribution is -2.31. The predicted molar refractivity (Wildman–Crippen MR) is 94.1 cm³/mol. The summed E-state index contributed by atoms with van der Waals surface area (Å²) in [4.78, 5) is 26.8. The summed E-state index contributed by atoms with van der Waals surface area (Å²) >= 11 is 1.43. The molecule has 1 unspecified atom stereocenters. The lowest BCUT2D eigenvalue weighted by molar-refractivity contribution is -0.115. The molecular formula is C18H16F2N2O2S. The molecule has 2 amide bonds. The van der Waals surface area contributed by atoms with Gasteiger partial charge in [0.15, 0.2) is 11.6 Å². The first kappa shape index (κ1) is 17.4. The van der Waals surface area contributed by atoms with Crippen molar-refractivity contribution in [1.29, 1.82) is 0 Å². The minimum absolute atomic E-state index is 0.116. The van der Waals surface area contributed by atoms with Gasteiger partial charge in [0, 0.05) is 28.8 Å². The second-order valence-corrected chi connectivity index (χ2v) is 6.99. The Hall–Kier alpha value is -2.41. The number of nitrogens with zero attached hydrogens (tertiary/aromatic N) is 1. The quantitative estimate of drug-likeness (QED) is 0.896. The molecule has 7 heteroatoms. The smallest absolute Gasteiger partial charge is 0.258 e. The first-order valence-electron chi connectivity index (χ1n) is 7.79. The number of carbonyl (C=O) groups excluding carboxylic acids is 2. The normalized spacial score (nSPS) is 16.2. The summed E-state index contributed by atoms with van der Waals surface area (Å²) in [7, 11) is 0. The number of nitrogens with one attached hydrogen (secondary N) is 1. The third kappa shape index (κ3) is 3.37. The van der Waals surface area contributed by atoms with Gasteiger partial charge in [-0.3, -0.25) is 9.59 Å². The molecule has 0 aromatic heterocycles. The highest BCUT2D eigenvalue weighted by molar-refractivity contribution is 8.00. The van der Waals surface area contributed by atoms with Crippen LogP contribution in [-0.4, -0.2) is 23.6 Å².